The maximum Gasteiger partial charge on any atom is 0.338 e. The van der Waals surface area contributed by atoms with Crippen LogP contribution in [0.15, 0.2) is 86.6 Å². The summed E-state index contributed by atoms with van der Waals surface area (Å²) in [5.74, 6) is 0.278. The van der Waals surface area contributed by atoms with Gasteiger partial charge in [-0.2, -0.15) is 0 Å². The predicted molar refractivity (Wildman–Crippen MR) is 168 cm³/mol. The Morgan fingerprint density at radius 1 is 1.12 bits per heavy atom. The molecule has 0 saturated heterocycles. The first-order valence-electron chi connectivity index (χ1n) is 13.8. The highest BCUT2D eigenvalue weighted by atomic mass is 32.2. The molecule has 5 rings (SSSR count). The van der Waals surface area contributed by atoms with Crippen molar-refractivity contribution in [1.29, 1.82) is 0 Å². The highest BCUT2D eigenvalue weighted by molar-refractivity contribution is 7.98. The van der Waals surface area contributed by atoms with E-state index in [1.807, 2.05) is 87.7 Å². The molecule has 2 heterocycles. The predicted octanol–water partition coefficient (Wildman–Crippen LogP) is 6.24. The molecule has 0 bridgehead atoms. The highest BCUT2D eigenvalue weighted by Gasteiger charge is 2.33. The molecule has 6 nitrogen and oxygen atoms in total. The van der Waals surface area contributed by atoms with Crippen LogP contribution in [0.4, 0.5) is 0 Å². The van der Waals surface area contributed by atoms with E-state index in [0.29, 0.717) is 27.2 Å². The summed E-state index contributed by atoms with van der Waals surface area (Å²) in [6, 6.07) is 19.4. The lowest BCUT2D eigenvalue weighted by Gasteiger charge is -2.25. The van der Waals surface area contributed by atoms with E-state index in [1.54, 1.807) is 16.3 Å². The minimum atomic E-state index is -0.650. The van der Waals surface area contributed by atoms with Gasteiger partial charge in [-0.25, -0.2) is 9.79 Å². The molecule has 1 aliphatic rings. The number of hydrogen-bond donors (Lipinski definition) is 0. The molecule has 0 spiro atoms. The van der Waals surface area contributed by atoms with Gasteiger partial charge in [0.25, 0.3) is 5.56 Å². The first-order valence-corrected chi connectivity index (χ1v) is 15.9. The summed E-state index contributed by atoms with van der Waals surface area (Å²) in [4.78, 5) is 34.0. The molecule has 1 aliphatic heterocycles. The topological polar surface area (TPSA) is 69.9 Å². The van der Waals surface area contributed by atoms with E-state index < -0.39 is 12.0 Å². The van der Waals surface area contributed by atoms with Crippen molar-refractivity contribution >= 4 is 45.9 Å². The van der Waals surface area contributed by atoms with Crippen LogP contribution in [-0.2, 0) is 9.53 Å². The monoisotopic (exact) mass is 586 g/mol. The number of thiazole rings is 1. The number of benzene rings is 3. The molecule has 4 aromatic rings. The fraction of sp³-hybridized carbons (Fsp3) is 0.303. The number of hydrogen-bond acceptors (Lipinski definition) is 7. The summed E-state index contributed by atoms with van der Waals surface area (Å²) >= 11 is 2.96. The van der Waals surface area contributed by atoms with Crippen LogP contribution in [0.2, 0.25) is 0 Å². The zero-order valence-electron chi connectivity index (χ0n) is 24.0. The Hall–Kier alpha value is -3.62. The van der Waals surface area contributed by atoms with Gasteiger partial charge in [0.1, 0.15) is 5.75 Å². The number of aromatic nitrogens is 1. The lowest BCUT2D eigenvalue weighted by Crippen LogP contribution is -2.40. The van der Waals surface area contributed by atoms with Crippen LogP contribution in [0.5, 0.6) is 5.75 Å². The number of ether oxygens (including phenoxy) is 2. The summed E-state index contributed by atoms with van der Waals surface area (Å²) in [5, 5.41) is 2.07. The Morgan fingerprint density at radius 2 is 1.88 bits per heavy atom. The zero-order valence-corrected chi connectivity index (χ0v) is 25.6. The van der Waals surface area contributed by atoms with Gasteiger partial charge in [-0.15, -0.1) is 11.8 Å². The first-order chi connectivity index (χ1) is 19.8. The molecule has 41 heavy (non-hydrogen) atoms. The van der Waals surface area contributed by atoms with Gasteiger partial charge in [-0.05, 0) is 74.1 Å². The standard InChI is InChI=1S/C33H34N2O4S2/c1-6-7-18-38-27-17-14-22-10-8-9-11-25(22)26(27)19-28-31(36)35-30(23-12-15-24(40-5)16-13-23)29(32(37)39-20(2)3)21(4)34-33(35)41-28/h8-17,19-20,30H,6-7,18H2,1-5H3/b28-19+/t30-/m1/s1. The van der Waals surface area contributed by atoms with Crippen molar-refractivity contribution < 1.29 is 14.3 Å². The zero-order chi connectivity index (χ0) is 29.1. The number of unbranched alkanes of at least 4 members (excludes halogenated alkanes) is 1. The maximum absolute atomic E-state index is 14.2. The molecule has 0 unspecified atom stereocenters. The van der Waals surface area contributed by atoms with Gasteiger partial charge < -0.3 is 9.47 Å². The average molecular weight is 587 g/mol. The van der Waals surface area contributed by atoms with E-state index in [1.165, 1.54) is 11.3 Å². The second-order valence-electron chi connectivity index (χ2n) is 10.2. The lowest BCUT2D eigenvalue weighted by molar-refractivity contribution is -0.143. The number of nitrogens with zero attached hydrogens (tertiary/aromatic N) is 2. The minimum absolute atomic E-state index is 0.206. The molecule has 0 N–H and O–H groups in total. The van der Waals surface area contributed by atoms with Crippen LogP contribution in [0.25, 0.3) is 16.8 Å². The van der Waals surface area contributed by atoms with E-state index in [0.717, 1.165) is 45.4 Å². The van der Waals surface area contributed by atoms with Crippen LogP contribution in [0.3, 0.4) is 0 Å². The molecule has 0 radical (unpaired) electrons. The van der Waals surface area contributed by atoms with Gasteiger partial charge in [0.2, 0.25) is 0 Å². The Bertz CT molecular complexity index is 1800. The van der Waals surface area contributed by atoms with Crippen molar-refractivity contribution in [2.75, 3.05) is 12.9 Å². The SMILES string of the molecule is CCCCOc1ccc2ccccc2c1/C=c1/sc2n(c1=O)[C@H](c1ccc(SC)cc1)C(C(=O)OC(C)C)=C(C)N=2. The number of esters is 1. The number of allylic oxidation sites excluding steroid dienone is 1. The van der Waals surface area contributed by atoms with Gasteiger partial charge in [0.05, 0.1) is 34.6 Å². The molecule has 0 saturated carbocycles. The number of rotatable bonds is 9. The number of thioether (sulfide) groups is 1. The van der Waals surface area contributed by atoms with Crippen molar-refractivity contribution in [3.05, 3.63) is 103 Å². The minimum Gasteiger partial charge on any atom is -0.493 e. The Balaban J connectivity index is 1.72. The van der Waals surface area contributed by atoms with Crippen LogP contribution >= 0.6 is 23.1 Å². The normalized spacial score (nSPS) is 15.3. The summed E-state index contributed by atoms with van der Waals surface area (Å²) in [5.41, 5.74) is 2.41. The largest absolute Gasteiger partial charge is 0.493 e. The summed E-state index contributed by atoms with van der Waals surface area (Å²) in [6.07, 6.45) is 5.59. The number of carbonyl (C=O) groups excluding carboxylic acids is 1. The Morgan fingerprint density at radius 3 is 2.59 bits per heavy atom. The Kier molecular flexibility index (Phi) is 8.80. The molecule has 3 aromatic carbocycles. The molecule has 1 aromatic heterocycles. The molecule has 212 valence electrons. The van der Waals surface area contributed by atoms with Crippen molar-refractivity contribution in [3.8, 4) is 5.75 Å². The maximum atomic E-state index is 14.2. The van der Waals surface area contributed by atoms with E-state index >= 15 is 0 Å². The fourth-order valence-corrected chi connectivity index (χ4v) is 6.41. The molecular weight excluding hydrogens is 553 g/mol. The van der Waals surface area contributed by atoms with Crippen molar-refractivity contribution in [2.24, 2.45) is 4.99 Å². The summed E-state index contributed by atoms with van der Waals surface area (Å²) in [6.45, 7) is 8.17. The molecule has 0 aliphatic carbocycles. The molecule has 0 fully saturated rings. The fourth-order valence-electron chi connectivity index (χ4n) is 4.97. The van der Waals surface area contributed by atoms with Crippen LogP contribution in [0, 0.1) is 0 Å². The molecular formula is C33H34N2O4S2. The lowest BCUT2D eigenvalue weighted by atomic mass is 9.96. The van der Waals surface area contributed by atoms with Crippen molar-refractivity contribution in [3.63, 3.8) is 0 Å². The van der Waals surface area contributed by atoms with Gasteiger partial charge in [0.15, 0.2) is 4.80 Å². The third kappa shape index (κ3) is 5.90. The van der Waals surface area contributed by atoms with Crippen LogP contribution in [0.1, 0.15) is 57.7 Å². The van der Waals surface area contributed by atoms with E-state index in [-0.39, 0.29) is 11.7 Å². The highest BCUT2D eigenvalue weighted by Crippen LogP contribution is 2.33. The van der Waals surface area contributed by atoms with E-state index in [4.69, 9.17) is 14.5 Å². The van der Waals surface area contributed by atoms with E-state index in [2.05, 4.69) is 13.0 Å². The third-order valence-electron chi connectivity index (χ3n) is 6.98. The van der Waals surface area contributed by atoms with E-state index in [9.17, 15) is 9.59 Å². The molecule has 0 amide bonds. The van der Waals surface area contributed by atoms with Crippen LogP contribution in [-0.4, -0.2) is 29.5 Å². The Labute approximate surface area is 248 Å². The van der Waals surface area contributed by atoms with Crippen molar-refractivity contribution in [2.45, 2.75) is 57.6 Å². The van der Waals surface area contributed by atoms with Crippen LogP contribution < -0.4 is 19.6 Å². The first kappa shape index (κ1) is 28.9. The number of fused-ring (bicyclic) bond motifs is 2. The second-order valence-corrected chi connectivity index (χ2v) is 12.1. The smallest absolute Gasteiger partial charge is 0.338 e. The summed E-state index contributed by atoms with van der Waals surface area (Å²) in [7, 11) is 0. The van der Waals surface area contributed by atoms with Gasteiger partial charge in [-0.1, -0.05) is 67.1 Å². The quantitative estimate of drug-likeness (QED) is 0.132. The van der Waals surface area contributed by atoms with Gasteiger partial charge in [-0.3, -0.25) is 9.36 Å². The molecule has 1 atom stereocenters. The number of carbonyl (C=O) groups is 1. The summed E-state index contributed by atoms with van der Waals surface area (Å²) < 4.78 is 14.0. The van der Waals surface area contributed by atoms with Crippen molar-refractivity contribution in [1.82, 2.24) is 4.57 Å². The van der Waals surface area contributed by atoms with Gasteiger partial charge >= 0.3 is 5.97 Å². The third-order valence-corrected chi connectivity index (χ3v) is 8.70. The second kappa shape index (κ2) is 12.5. The molecule has 8 heteroatoms. The average Bonchev–Trinajstić information content (AvgIpc) is 3.27. The van der Waals surface area contributed by atoms with Gasteiger partial charge in [0, 0.05) is 10.5 Å².